The molecule has 3 N–H and O–H groups in total. The molecule has 156 valence electrons. The van der Waals surface area contributed by atoms with Gasteiger partial charge < -0.3 is 20.6 Å². The van der Waals surface area contributed by atoms with Crippen LogP contribution in [-0.4, -0.2) is 52.9 Å². The summed E-state index contributed by atoms with van der Waals surface area (Å²) < 4.78 is 42.7. The molecule has 0 aromatic heterocycles. The highest BCUT2D eigenvalue weighted by Crippen LogP contribution is 2.45. The number of Topliss-reactive ketones (excluding diaryl/α,β-unsaturated/α-hetero) is 1. The number of ketones is 1. The third-order valence-electron chi connectivity index (χ3n) is 6.21. The number of hydrogen-bond acceptors (Lipinski definition) is 6. The summed E-state index contributed by atoms with van der Waals surface area (Å²) in [7, 11) is 0. The molecule has 3 unspecified atom stereocenters. The molecule has 30 heavy (non-hydrogen) atoms. The number of halogens is 3. The van der Waals surface area contributed by atoms with Gasteiger partial charge in [0.05, 0.1) is 11.6 Å². The van der Waals surface area contributed by atoms with Crippen LogP contribution in [0.4, 0.5) is 18.9 Å². The van der Waals surface area contributed by atoms with Gasteiger partial charge in [0, 0.05) is 31.4 Å². The summed E-state index contributed by atoms with van der Waals surface area (Å²) in [4.78, 5) is 31.5. The largest absolute Gasteiger partial charge is 0.478 e. The number of amidine groups is 1. The summed E-state index contributed by atoms with van der Waals surface area (Å²) in [6.07, 6.45) is 0.905. The quantitative estimate of drug-likeness (QED) is 0.705. The summed E-state index contributed by atoms with van der Waals surface area (Å²) >= 11 is 0. The van der Waals surface area contributed by atoms with Gasteiger partial charge in [0.1, 0.15) is 23.4 Å². The zero-order valence-electron chi connectivity index (χ0n) is 15.5. The molecule has 7 nitrogen and oxygen atoms in total. The van der Waals surface area contributed by atoms with Crippen molar-refractivity contribution in [2.24, 2.45) is 28.5 Å². The van der Waals surface area contributed by atoms with E-state index in [0.29, 0.717) is 19.2 Å². The Balaban J connectivity index is 1.58. The number of benzene rings is 1. The van der Waals surface area contributed by atoms with Crippen molar-refractivity contribution in [3.05, 3.63) is 53.5 Å². The van der Waals surface area contributed by atoms with Gasteiger partial charge in [-0.3, -0.25) is 4.79 Å². The van der Waals surface area contributed by atoms with Crippen molar-refractivity contribution in [1.29, 1.82) is 0 Å². The van der Waals surface area contributed by atoms with Crippen molar-refractivity contribution in [3.8, 4) is 0 Å². The number of fused-ring (bicyclic) bond motifs is 2. The van der Waals surface area contributed by atoms with Gasteiger partial charge in [0.15, 0.2) is 17.4 Å². The monoisotopic (exact) mass is 418 g/mol. The van der Waals surface area contributed by atoms with Crippen molar-refractivity contribution in [3.63, 3.8) is 0 Å². The van der Waals surface area contributed by atoms with E-state index < -0.39 is 46.9 Å². The molecule has 1 saturated carbocycles. The summed E-state index contributed by atoms with van der Waals surface area (Å²) in [5.41, 5.74) is 5.14. The highest BCUT2D eigenvalue weighted by atomic mass is 19.1. The Morgan fingerprint density at radius 2 is 1.90 bits per heavy atom. The SMILES string of the molecule is NC1[C@H]2CN(C3=NC4C(C=C3F)C(=O)C(C(=O)O)=CN4c3ccc(F)cc3F)C[C@@H]12. The maximum Gasteiger partial charge on any atom is 0.340 e. The number of piperidine rings is 1. The van der Waals surface area contributed by atoms with Crippen LogP contribution in [0, 0.1) is 29.4 Å². The fourth-order valence-corrected chi connectivity index (χ4v) is 4.53. The van der Waals surface area contributed by atoms with Gasteiger partial charge in [0.2, 0.25) is 0 Å². The Labute approximate surface area is 169 Å². The molecule has 2 fully saturated rings. The van der Waals surface area contributed by atoms with Crippen molar-refractivity contribution >= 4 is 23.3 Å². The van der Waals surface area contributed by atoms with Crippen LogP contribution in [0.3, 0.4) is 0 Å². The number of aliphatic carboxylic acids is 1. The van der Waals surface area contributed by atoms with Gasteiger partial charge in [-0.2, -0.15) is 0 Å². The fourth-order valence-electron chi connectivity index (χ4n) is 4.53. The van der Waals surface area contributed by atoms with Gasteiger partial charge in [-0.15, -0.1) is 0 Å². The molecule has 3 heterocycles. The number of aliphatic imine (C=N–C) groups is 1. The van der Waals surface area contributed by atoms with Gasteiger partial charge in [-0.25, -0.2) is 23.0 Å². The molecule has 1 aromatic rings. The number of rotatable bonds is 2. The predicted octanol–water partition coefficient (Wildman–Crippen LogP) is 1.42. The van der Waals surface area contributed by atoms with Crippen molar-refractivity contribution < 1.29 is 27.9 Å². The van der Waals surface area contributed by atoms with Crippen molar-refractivity contribution in [2.45, 2.75) is 12.2 Å². The number of carboxylic acid groups (broad SMARTS) is 1. The third kappa shape index (κ3) is 2.74. The summed E-state index contributed by atoms with van der Waals surface area (Å²) in [5, 5.41) is 9.39. The topological polar surface area (TPSA) is 99.2 Å². The second kappa shape index (κ2) is 6.43. The number of carboxylic acids is 1. The molecule has 5 rings (SSSR count). The molecule has 4 aliphatic rings. The average molecular weight is 418 g/mol. The predicted molar refractivity (Wildman–Crippen MR) is 100.0 cm³/mol. The first kappa shape index (κ1) is 18.9. The van der Waals surface area contributed by atoms with Crippen molar-refractivity contribution in [1.82, 2.24) is 4.90 Å². The molecule has 1 aliphatic carbocycles. The number of anilines is 1. The summed E-state index contributed by atoms with van der Waals surface area (Å²) in [6.45, 7) is 1.05. The molecular weight excluding hydrogens is 401 g/mol. The summed E-state index contributed by atoms with van der Waals surface area (Å²) in [5.74, 6) is -5.55. The van der Waals surface area contributed by atoms with E-state index in [1.54, 1.807) is 4.90 Å². The van der Waals surface area contributed by atoms with Crippen LogP contribution < -0.4 is 10.6 Å². The maximum absolute atomic E-state index is 14.9. The van der Waals surface area contributed by atoms with Crippen LogP contribution in [0.25, 0.3) is 0 Å². The minimum absolute atomic E-state index is 0.0307. The minimum Gasteiger partial charge on any atom is -0.478 e. The van der Waals surface area contributed by atoms with Crippen molar-refractivity contribution in [2.75, 3.05) is 18.0 Å². The summed E-state index contributed by atoms with van der Waals surface area (Å²) in [6, 6.07) is 2.87. The standard InChI is InChI=1S/C20H17F3N4O3/c21-8-1-2-15(13(22)3-8)27-7-12(20(29)30)17(28)9-4-14(23)19(25-18(9)27)26-5-10-11(6-26)16(10)24/h1-4,7,9-11,16,18H,5-6,24H2,(H,29,30)/t9?,10-,11+,16?,18?. The normalized spacial score (nSPS) is 32.2. The van der Waals surface area contributed by atoms with E-state index in [4.69, 9.17) is 5.73 Å². The zero-order chi connectivity index (χ0) is 21.3. The molecule has 0 spiro atoms. The third-order valence-corrected chi connectivity index (χ3v) is 6.21. The van der Waals surface area contributed by atoms with E-state index in [9.17, 15) is 27.9 Å². The number of carbonyl (C=O) groups is 2. The van der Waals surface area contributed by atoms with E-state index in [-0.39, 0.29) is 29.4 Å². The van der Waals surface area contributed by atoms with Crippen LogP contribution in [0.15, 0.2) is 46.9 Å². The van der Waals surface area contributed by atoms with Crippen LogP contribution in [-0.2, 0) is 9.59 Å². The van der Waals surface area contributed by atoms with Gasteiger partial charge in [0.25, 0.3) is 0 Å². The lowest BCUT2D eigenvalue weighted by Crippen LogP contribution is -2.49. The first-order valence-corrected chi connectivity index (χ1v) is 9.45. The Bertz CT molecular complexity index is 1060. The molecule has 1 saturated heterocycles. The number of nitrogens with zero attached hydrogens (tertiary/aromatic N) is 3. The Morgan fingerprint density at radius 1 is 1.20 bits per heavy atom. The minimum atomic E-state index is -1.52. The lowest BCUT2D eigenvalue weighted by atomic mass is 9.88. The lowest BCUT2D eigenvalue weighted by molar-refractivity contribution is -0.135. The first-order valence-electron chi connectivity index (χ1n) is 9.45. The first-order chi connectivity index (χ1) is 14.3. The van der Waals surface area contributed by atoms with E-state index in [1.165, 1.54) is 0 Å². The molecule has 10 heteroatoms. The van der Waals surface area contributed by atoms with Crippen LogP contribution in [0.5, 0.6) is 0 Å². The number of nitrogens with two attached hydrogens (primary N) is 1. The van der Waals surface area contributed by atoms with E-state index >= 15 is 0 Å². The second-order valence-corrected chi connectivity index (χ2v) is 7.93. The van der Waals surface area contributed by atoms with E-state index in [0.717, 1.165) is 29.3 Å². The van der Waals surface area contributed by atoms with Gasteiger partial charge >= 0.3 is 5.97 Å². The maximum atomic E-state index is 14.9. The highest BCUT2D eigenvalue weighted by molar-refractivity contribution is 6.20. The van der Waals surface area contributed by atoms with Gasteiger partial charge in [-0.05, 0) is 30.0 Å². The van der Waals surface area contributed by atoms with Crippen LogP contribution in [0.2, 0.25) is 0 Å². The number of dihydropyridines is 1. The molecular formula is C20H17F3N4O3. The molecule has 1 aromatic carbocycles. The number of likely N-dealkylation sites (tertiary alicyclic amines) is 1. The highest BCUT2D eigenvalue weighted by Gasteiger charge is 2.55. The molecule has 3 aliphatic heterocycles. The van der Waals surface area contributed by atoms with E-state index in [2.05, 4.69) is 4.99 Å². The fraction of sp³-hybridized carbons (Fsp3) is 0.350. The number of hydrogen-bond donors (Lipinski definition) is 2. The zero-order valence-corrected chi connectivity index (χ0v) is 15.5. The Kier molecular flexibility index (Phi) is 4.04. The van der Waals surface area contributed by atoms with Gasteiger partial charge in [-0.1, -0.05) is 0 Å². The molecule has 0 amide bonds. The van der Waals surface area contributed by atoms with Crippen LogP contribution in [0.1, 0.15) is 0 Å². The molecule has 0 bridgehead atoms. The smallest absolute Gasteiger partial charge is 0.340 e. The average Bonchev–Trinajstić information content (AvgIpc) is 3.10. The number of carbonyl (C=O) groups excluding carboxylic acids is 1. The Hall–Kier alpha value is -3.14. The molecule has 5 atom stereocenters. The second-order valence-electron chi connectivity index (χ2n) is 7.93. The van der Waals surface area contributed by atoms with E-state index in [1.807, 2.05) is 0 Å². The molecule has 0 radical (unpaired) electrons. The van der Waals surface area contributed by atoms with Crippen LogP contribution >= 0.6 is 0 Å². The lowest BCUT2D eigenvalue weighted by Gasteiger charge is -2.39. The Morgan fingerprint density at radius 3 is 2.53 bits per heavy atom.